The monoisotopic (exact) mass is 349 g/mol. The highest BCUT2D eigenvalue weighted by Crippen LogP contribution is 2.21. The zero-order valence-electron chi connectivity index (χ0n) is 14.1. The van der Waals surface area contributed by atoms with Crippen LogP contribution in [0.2, 0.25) is 0 Å². The van der Waals surface area contributed by atoms with Crippen LogP contribution in [0.5, 0.6) is 0 Å². The highest BCUT2D eigenvalue weighted by Gasteiger charge is 2.30. The van der Waals surface area contributed by atoms with E-state index in [-0.39, 0.29) is 25.2 Å². The Bertz CT molecular complexity index is 621. The number of aryl methyl sites for hydroxylation is 1. The van der Waals surface area contributed by atoms with Gasteiger partial charge in [-0.1, -0.05) is 0 Å². The van der Waals surface area contributed by atoms with Crippen molar-refractivity contribution >= 4 is 11.9 Å². The van der Waals surface area contributed by atoms with Gasteiger partial charge in [0.2, 0.25) is 5.91 Å². The molecule has 9 heteroatoms. The minimum Gasteiger partial charge on any atom is -0.481 e. The van der Waals surface area contributed by atoms with Crippen LogP contribution in [0.1, 0.15) is 43.6 Å². The summed E-state index contributed by atoms with van der Waals surface area (Å²) in [6, 6.07) is 0. The number of aromatic nitrogens is 2. The van der Waals surface area contributed by atoms with Gasteiger partial charge in [-0.3, -0.25) is 14.3 Å². The van der Waals surface area contributed by atoms with Crippen molar-refractivity contribution in [1.29, 1.82) is 0 Å². The van der Waals surface area contributed by atoms with Gasteiger partial charge in [-0.05, 0) is 34.1 Å². The molecule has 0 aromatic carbocycles. The number of carboxylic acids is 1. The van der Waals surface area contributed by atoms with E-state index in [1.807, 2.05) is 0 Å². The average molecular weight is 349 g/mol. The summed E-state index contributed by atoms with van der Waals surface area (Å²) in [7, 11) is 0. The fraction of sp³-hybridized carbons (Fsp3) is 0.667. The molecule has 24 heavy (non-hydrogen) atoms. The van der Waals surface area contributed by atoms with Crippen molar-refractivity contribution in [3.8, 4) is 0 Å². The second-order valence-corrected chi connectivity index (χ2v) is 6.42. The fourth-order valence-electron chi connectivity index (χ4n) is 2.38. The van der Waals surface area contributed by atoms with E-state index in [2.05, 4.69) is 10.4 Å². The molecule has 1 heterocycles. The van der Waals surface area contributed by atoms with Crippen molar-refractivity contribution in [2.45, 2.75) is 65.2 Å². The molecule has 136 valence electrons. The largest absolute Gasteiger partial charge is 0.481 e. The SMILES string of the molecule is Cc1nn(CC(F)(F)F)c(C)c1CC(=O)NC(C)(C)CCC(=O)O. The van der Waals surface area contributed by atoms with Crippen molar-refractivity contribution in [2.24, 2.45) is 0 Å². The standard InChI is InChI=1S/C15H22F3N3O3/c1-9-11(10(2)21(20-9)8-15(16,17)18)7-12(22)19-14(3,4)6-5-13(23)24/h5-8H2,1-4H3,(H,19,22)(H,23,24). The van der Waals surface area contributed by atoms with Gasteiger partial charge in [0.25, 0.3) is 0 Å². The number of hydrogen-bond acceptors (Lipinski definition) is 3. The van der Waals surface area contributed by atoms with Gasteiger partial charge in [0.05, 0.1) is 12.1 Å². The molecule has 1 aromatic rings. The second kappa shape index (κ2) is 7.23. The van der Waals surface area contributed by atoms with Crippen molar-refractivity contribution in [1.82, 2.24) is 15.1 Å². The van der Waals surface area contributed by atoms with Crippen LogP contribution in [0, 0.1) is 13.8 Å². The third kappa shape index (κ3) is 6.21. The molecular weight excluding hydrogens is 327 g/mol. The molecule has 0 unspecified atom stereocenters. The number of hydrogen-bond donors (Lipinski definition) is 2. The number of amides is 1. The molecule has 0 saturated carbocycles. The first-order valence-electron chi connectivity index (χ1n) is 7.43. The van der Waals surface area contributed by atoms with E-state index in [1.54, 1.807) is 20.8 Å². The molecule has 0 aliphatic rings. The maximum Gasteiger partial charge on any atom is 0.408 e. The Morgan fingerprint density at radius 1 is 1.25 bits per heavy atom. The maximum atomic E-state index is 12.5. The molecule has 0 atom stereocenters. The first-order chi connectivity index (χ1) is 10.8. The van der Waals surface area contributed by atoms with Gasteiger partial charge < -0.3 is 10.4 Å². The third-order valence-electron chi connectivity index (χ3n) is 3.64. The summed E-state index contributed by atoms with van der Waals surface area (Å²) in [6.07, 6.45) is -4.33. The van der Waals surface area contributed by atoms with Crippen molar-refractivity contribution < 1.29 is 27.9 Å². The topological polar surface area (TPSA) is 84.2 Å². The highest BCUT2D eigenvalue weighted by molar-refractivity contribution is 5.80. The second-order valence-electron chi connectivity index (χ2n) is 6.42. The predicted molar refractivity (Wildman–Crippen MR) is 80.6 cm³/mol. The summed E-state index contributed by atoms with van der Waals surface area (Å²) in [5, 5.41) is 15.3. The summed E-state index contributed by atoms with van der Waals surface area (Å²) in [6.45, 7) is 5.23. The normalized spacial score (nSPS) is 12.3. The lowest BCUT2D eigenvalue weighted by Gasteiger charge is -2.25. The molecule has 0 spiro atoms. The summed E-state index contributed by atoms with van der Waals surface area (Å²) in [5.41, 5.74) is 0.392. The lowest BCUT2D eigenvalue weighted by atomic mass is 9.97. The van der Waals surface area contributed by atoms with Crippen molar-refractivity contribution in [3.63, 3.8) is 0 Å². The number of carboxylic acid groups (broad SMARTS) is 1. The van der Waals surface area contributed by atoms with E-state index in [1.165, 1.54) is 6.92 Å². The first-order valence-corrected chi connectivity index (χ1v) is 7.43. The summed E-state index contributed by atoms with van der Waals surface area (Å²) in [5.74, 6) is -1.35. The number of nitrogens with one attached hydrogen (secondary N) is 1. The lowest BCUT2D eigenvalue weighted by molar-refractivity contribution is -0.143. The number of nitrogens with zero attached hydrogens (tertiary/aromatic N) is 2. The van der Waals surface area contributed by atoms with Gasteiger partial charge in [0, 0.05) is 23.2 Å². The molecule has 6 nitrogen and oxygen atoms in total. The van der Waals surface area contributed by atoms with Crippen molar-refractivity contribution in [3.05, 3.63) is 17.0 Å². The first kappa shape index (κ1) is 20.0. The number of aliphatic carboxylic acids is 1. The maximum absolute atomic E-state index is 12.5. The van der Waals surface area contributed by atoms with Crippen LogP contribution in [0.3, 0.4) is 0 Å². The molecular formula is C15H22F3N3O3. The molecule has 0 saturated heterocycles. The van der Waals surface area contributed by atoms with Crippen LogP contribution >= 0.6 is 0 Å². The zero-order valence-corrected chi connectivity index (χ0v) is 14.1. The average Bonchev–Trinajstić information content (AvgIpc) is 2.61. The molecule has 0 aliphatic heterocycles. The van der Waals surface area contributed by atoms with E-state index in [0.29, 0.717) is 17.0 Å². The number of alkyl halides is 3. The summed E-state index contributed by atoms with van der Waals surface area (Å²) < 4.78 is 38.4. The quantitative estimate of drug-likeness (QED) is 0.791. The fourth-order valence-corrected chi connectivity index (χ4v) is 2.38. The van der Waals surface area contributed by atoms with E-state index >= 15 is 0 Å². The zero-order chi connectivity index (χ0) is 18.7. The number of carbonyl (C=O) groups excluding carboxylic acids is 1. The Balaban J connectivity index is 2.79. The van der Waals surface area contributed by atoms with E-state index in [9.17, 15) is 22.8 Å². The van der Waals surface area contributed by atoms with Gasteiger partial charge in [-0.15, -0.1) is 0 Å². The van der Waals surface area contributed by atoms with Crippen LogP contribution in [-0.4, -0.2) is 38.5 Å². The Kier molecular flexibility index (Phi) is 6.02. The van der Waals surface area contributed by atoms with Gasteiger partial charge >= 0.3 is 12.1 Å². The smallest absolute Gasteiger partial charge is 0.408 e. The van der Waals surface area contributed by atoms with E-state index < -0.39 is 24.2 Å². The lowest BCUT2D eigenvalue weighted by Crippen LogP contribution is -2.44. The van der Waals surface area contributed by atoms with Gasteiger partial charge in [-0.25, -0.2) is 0 Å². The number of halogens is 3. The van der Waals surface area contributed by atoms with E-state index in [0.717, 1.165) is 4.68 Å². The van der Waals surface area contributed by atoms with Crippen LogP contribution in [0.4, 0.5) is 13.2 Å². The van der Waals surface area contributed by atoms with Crippen LogP contribution < -0.4 is 5.32 Å². The molecule has 2 N–H and O–H groups in total. The molecule has 1 amide bonds. The van der Waals surface area contributed by atoms with Crippen LogP contribution in [0.15, 0.2) is 0 Å². The minimum atomic E-state index is -4.39. The summed E-state index contributed by atoms with van der Waals surface area (Å²) >= 11 is 0. The Morgan fingerprint density at radius 2 is 1.83 bits per heavy atom. The molecule has 0 aliphatic carbocycles. The Hall–Kier alpha value is -2.06. The van der Waals surface area contributed by atoms with E-state index in [4.69, 9.17) is 5.11 Å². The highest BCUT2D eigenvalue weighted by atomic mass is 19.4. The molecule has 0 radical (unpaired) electrons. The Morgan fingerprint density at radius 3 is 2.33 bits per heavy atom. The van der Waals surface area contributed by atoms with Crippen LogP contribution in [0.25, 0.3) is 0 Å². The van der Waals surface area contributed by atoms with Crippen molar-refractivity contribution in [2.75, 3.05) is 0 Å². The molecule has 0 fully saturated rings. The molecule has 1 rings (SSSR count). The number of carbonyl (C=O) groups is 2. The number of rotatable bonds is 7. The van der Waals surface area contributed by atoms with Crippen LogP contribution in [-0.2, 0) is 22.6 Å². The molecule has 1 aromatic heterocycles. The van der Waals surface area contributed by atoms with Gasteiger partial charge in [0.1, 0.15) is 6.54 Å². The predicted octanol–water partition coefficient (Wildman–Crippen LogP) is 2.36. The third-order valence-corrected chi connectivity index (χ3v) is 3.64. The molecule has 0 bridgehead atoms. The minimum absolute atomic E-state index is 0.0884. The van der Waals surface area contributed by atoms with Gasteiger partial charge in [0.15, 0.2) is 0 Å². The Labute approximate surface area is 138 Å². The summed E-state index contributed by atoms with van der Waals surface area (Å²) in [4.78, 5) is 22.8. The van der Waals surface area contributed by atoms with Gasteiger partial charge in [-0.2, -0.15) is 18.3 Å².